The average molecular weight is 406 g/mol. The average Bonchev–Trinajstić information content (AvgIpc) is 3.17. The van der Waals surface area contributed by atoms with Crippen molar-refractivity contribution in [2.24, 2.45) is 0 Å². The number of nitrogens with zero attached hydrogens (tertiary/aromatic N) is 3. The second-order valence-electron chi connectivity index (χ2n) is 7.06. The molecule has 2 aromatic carbocycles. The number of amides is 1. The molecular formula is C22H19FN4O3. The second kappa shape index (κ2) is 7.72. The highest BCUT2D eigenvalue weighted by molar-refractivity contribution is 6.07. The van der Waals surface area contributed by atoms with Crippen molar-refractivity contribution in [3.05, 3.63) is 65.7 Å². The number of halogens is 1. The number of furan rings is 1. The standard InChI is InChI=1S/C22H19FN4O3/c23-15-7-5-14(6-8-15)13-24-22(28)20-25-18-16-3-1-2-4-17(16)30-19(18)21(26-20)27-9-11-29-12-10-27/h1-8H,9-13H2,(H,24,28). The summed E-state index contributed by atoms with van der Waals surface area (Å²) in [6, 6.07) is 13.6. The van der Waals surface area contributed by atoms with Gasteiger partial charge in [0.05, 0.1) is 13.2 Å². The smallest absolute Gasteiger partial charge is 0.289 e. The van der Waals surface area contributed by atoms with Crippen LogP contribution < -0.4 is 10.2 Å². The summed E-state index contributed by atoms with van der Waals surface area (Å²) in [6.07, 6.45) is 0. The Balaban J connectivity index is 1.53. The van der Waals surface area contributed by atoms with E-state index in [4.69, 9.17) is 9.15 Å². The first kappa shape index (κ1) is 18.5. The van der Waals surface area contributed by atoms with Crippen molar-refractivity contribution in [3.8, 4) is 0 Å². The zero-order valence-electron chi connectivity index (χ0n) is 16.1. The van der Waals surface area contributed by atoms with Crippen LogP contribution >= 0.6 is 0 Å². The van der Waals surface area contributed by atoms with Crippen molar-refractivity contribution >= 4 is 33.8 Å². The van der Waals surface area contributed by atoms with E-state index in [0.29, 0.717) is 48.8 Å². The lowest BCUT2D eigenvalue weighted by molar-refractivity contribution is 0.0940. The molecule has 2 aromatic heterocycles. The van der Waals surface area contributed by atoms with Crippen LogP contribution in [0.5, 0.6) is 0 Å². The molecule has 0 radical (unpaired) electrons. The molecule has 1 fully saturated rings. The van der Waals surface area contributed by atoms with Crippen LogP contribution in [0.1, 0.15) is 16.2 Å². The normalized spacial score (nSPS) is 14.4. The number of fused-ring (bicyclic) bond motifs is 3. The number of para-hydroxylation sites is 1. The number of aromatic nitrogens is 2. The topological polar surface area (TPSA) is 80.5 Å². The molecule has 30 heavy (non-hydrogen) atoms. The van der Waals surface area contributed by atoms with Gasteiger partial charge in [-0.1, -0.05) is 24.3 Å². The van der Waals surface area contributed by atoms with Gasteiger partial charge >= 0.3 is 0 Å². The summed E-state index contributed by atoms with van der Waals surface area (Å²) in [7, 11) is 0. The summed E-state index contributed by atoms with van der Waals surface area (Å²) in [5.41, 5.74) is 2.65. The Morgan fingerprint density at radius 3 is 2.63 bits per heavy atom. The number of hydrogen-bond donors (Lipinski definition) is 1. The predicted molar refractivity (Wildman–Crippen MR) is 110 cm³/mol. The Bertz CT molecular complexity index is 1220. The first-order valence-corrected chi connectivity index (χ1v) is 9.74. The number of hydrogen-bond acceptors (Lipinski definition) is 6. The maximum atomic E-state index is 13.1. The van der Waals surface area contributed by atoms with Gasteiger partial charge in [0.1, 0.15) is 16.9 Å². The number of benzene rings is 2. The Labute approximate surface area is 171 Å². The molecule has 3 heterocycles. The molecule has 0 spiro atoms. The molecule has 0 saturated carbocycles. The molecule has 1 aliphatic heterocycles. The van der Waals surface area contributed by atoms with Crippen molar-refractivity contribution in [2.45, 2.75) is 6.54 Å². The Kier molecular flexibility index (Phi) is 4.76. The number of ether oxygens (including phenoxy) is 1. The third kappa shape index (κ3) is 3.46. The van der Waals surface area contributed by atoms with Crippen LogP contribution in [-0.4, -0.2) is 42.2 Å². The maximum Gasteiger partial charge on any atom is 0.289 e. The second-order valence-corrected chi connectivity index (χ2v) is 7.06. The molecule has 5 rings (SSSR count). The molecule has 0 unspecified atom stereocenters. The molecule has 8 heteroatoms. The fraction of sp³-hybridized carbons (Fsp3) is 0.227. The van der Waals surface area contributed by atoms with E-state index >= 15 is 0 Å². The zero-order valence-corrected chi connectivity index (χ0v) is 16.1. The van der Waals surface area contributed by atoms with Crippen LogP contribution in [-0.2, 0) is 11.3 Å². The van der Waals surface area contributed by atoms with Crippen LogP contribution in [0.25, 0.3) is 22.1 Å². The first-order valence-electron chi connectivity index (χ1n) is 9.74. The zero-order chi connectivity index (χ0) is 20.5. The van der Waals surface area contributed by atoms with E-state index in [-0.39, 0.29) is 18.2 Å². The van der Waals surface area contributed by atoms with Crippen LogP contribution in [0.15, 0.2) is 52.9 Å². The number of carbonyl (C=O) groups is 1. The predicted octanol–water partition coefficient (Wildman–Crippen LogP) is 3.28. The molecule has 152 valence electrons. The van der Waals surface area contributed by atoms with Gasteiger partial charge in [-0.05, 0) is 29.8 Å². The van der Waals surface area contributed by atoms with E-state index in [1.165, 1.54) is 12.1 Å². The van der Waals surface area contributed by atoms with Crippen LogP contribution in [0, 0.1) is 5.82 Å². The quantitative estimate of drug-likeness (QED) is 0.560. The van der Waals surface area contributed by atoms with Crippen LogP contribution in [0.2, 0.25) is 0 Å². The summed E-state index contributed by atoms with van der Waals surface area (Å²) in [5.74, 6) is -0.0639. The van der Waals surface area contributed by atoms with E-state index in [2.05, 4.69) is 15.3 Å². The van der Waals surface area contributed by atoms with Crippen molar-refractivity contribution in [2.75, 3.05) is 31.2 Å². The van der Waals surface area contributed by atoms with E-state index < -0.39 is 5.91 Å². The van der Waals surface area contributed by atoms with Gasteiger partial charge in [0.2, 0.25) is 5.82 Å². The van der Waals surface area contributed by atoms with Gasteiger partial charge < -0.3 is 19.4 Å². The number of carbonyl (C=O) groups excluding carboxylic acids is 1. The van der Waals surface area contributed by atoms with Gasteiger partial charge in [-0.15, -0.1) is 0 Å². The van der Waals surface area contributed by atoms with E-state index in [1.807, 2.05) is 29.2 Å². The van der Waals surface area contributed by atoms with E-state index in [9.17, 15) is 9.18 Å². The van der Waals surface area contributed by atoms with E-state index in [1.54, 1.807) is 12.1 Å². The largest absolute Gasteiger partial charge is 0.450 e. The lowest BCUT2D eigenvalue weighted by Crippen LogP contribution is -2.37. The summed E-state index contributed by atoms with van der Waals surface area (Å²) >= 11 is 0. The highest BCUT2D eigenvalue weighted by atomic mass is 19.1. The molecule has 1 aliphatic rings. The minimum Gasteiger partial charge on any atom is -0.450 e. The lowest BCUT2D eigenvalue weighted by atomic mass is 10.2. The molecule has 1 N–H and O–H groups in total. The van der Waals surface area contributed by atoms with Crippen LogP contribution in [0.4, 0.5) is 10.2 Å². The van der Waals surface area contributed by atoms with Crippen molar-refractivity contribution in [1.82, 2.24) is 15.3 Å². The SMILES string of the molecule is O=C(NCc1ccc(F)cc1)c1nc(N2CCOCC2)c2oc3ccccc3c2n1. The van der Waals surface area contributed by atoms with E-state index in [0.717, 1.165) is 10.9 Å². The Hall–Kier alpha value is -3.52. The summed E-state index contributed by atoms with van der Waals surface area (Å²) in [6.45, 7) is 2.72. The summed E-state index contributed by atoms with van der Waals surface area (Å²) in [5, 5.41) is 3.64. The number of anilines is 1. The number of nitrogens with one attached hydrogen (secondary N) is 1. The fourth-order valence-electron chi connectivity index (χ4n) is 3.53. The first-order chi connectivity index (χ1) is 14.7. The van der Waals surface area contributed by atoms with Crippen molar-refractivity contribution in [3.63, 3.8) is 0 Å². The minimum absolute atomic E-state index is 0.0673. The molecule has 1 saturated heterocycles. The Morgan fingerprint density at radius 1 is 1.07 bits per heavy atom. The molecule has 1 amide bonds. The van der Waals surface area contributed by atoms with Crippen molar-refractivity contribution < 1.29 is 18.3 Å². The monoisotopic (exact) mass is 406 g/mol. The van der Waals surface area contributed by atoms with Gasteiger partial charge in [-0.3, -0.25) is 4.79 Å². The fourth-order valence-corrected chi connectivity index (χ4v) is 3.53. The number of morpholine rings is 1. The molecule has 0 atom stereocenters. The number of rotatable bonds is 4. The van der Waals surface area contributed by atoms with Gasteiger partial charge in [-0.2, -0.15) is 0 Å². The molecule has 0 aliphatic carbocycles. The third-order valence-corrected chi connectivity index (χ3v) is 5.08. The minimum atomic E-state index is -0.402. The van der Waals surface area contributed by atoms with Gasteiger partial charge in [0.25, 0.3) is 5.91 Å². The summed E-state index contributed by atoms with van der Waals surface area (Å²) < 4.78 is 24.6. The maximum absolute atomic E-state index is 13.1. The molecule has 0 bridgehead atoms. The summed E-state index contributed by atoms with van der Waals surface area (Å²) in [4.78, 5) is 23.9. The Morgan fingerprint density at radius 2 is 1.83 bits per heavy atom. The molecule has 4 aromatic rings. The highest BCUT2D eigenvalue weighted by Crippen LogP contribution is 2.33. The molecule has 7 nitrogen and oxygen atoms in total. The van der Waals surface area contributed by atoms with Gasteiger partial charge in [-0.25, -0.2) is 14.4 Å². The van der Waals surface area contributed by atoms with Crippen molar-refractivity contribution in [1.29, 1.82) is 0 Å². The molecular weight excluding hydrogens is 387 g/mol. The lowest BCUT2D eigenvalue weighted by Gasteiger charge is -2.27. The van der Waals surface area contributed by atoms with Crippen LogP contribution in [0.3, 0.4) is 0 Å². The highest BCUT2D eigenvalue weighted by Gasteiger charge is 2.24. The van der Waals surface area contributed by atoms with Gasteiger partial charge in [0, 0.05) is 25.0 Å². The van der Waals surface area contributed by atoms with Gasteiger partial charge in [0.15, 0.2) is 11.4 Å². The third-order valence-electron chi connectivity index (χ3n) is 5.08.